The maximum Gasteiger partial charge on any atom is 0.224 e. The van der Waals surface area contributed by atoms with Crippen LogP contribution in [-0.2, 0) is 17.8 Å². The van der Waals surface area contributed by atoms with Crippen LogP contribution >= 0.6 is 0 Å². The normalized spacial score (nSPS) is 20.3. The first-order valence-electron chi connectivity index (χ1n) is 10.1. The second kappa shape index (κ2) is 8.61. The molecular weight excluding hydrogens is 338 g/mol. The number of likely N-dealkylation sites (tertiary alicyclic amines) is 1. The van der Waals surface area contributed by atoms with Crippen LogP contribution in [0.5, 0.6) is 0 Å². The number of furan rings is 1. The number of hydrogen-bond donors (Lipinski definition) is 1. The topological polar surface area (TPSA) is 48.7 Å². The Morgan fingerprint density at radius 1 is 1.15 bits per heavy atom. The van der Waals surface area contributed by atoms with Gasteiger partial charge in [-0.2, -0.15) is 0 Å². The summed E-state index contributed by atoms with van der Waals surface area (Å²) in [6.45, 7) is 5.32. The van der Waals surface area contributed by atoms with Crippen LogP contribution in [0.2, 0.25) is 0 Å². The Bertz CT molecular complexity index is 744. The third kappa shape index (κ3) is 4.53. The molecule has 0 aliphatic carbocycles. The molecule has 3 heterocycles. The summed E-state index contributed by atoms with van der Waals surface area (Å²) in [6, 6.07) is 12.6. The Hall–Kier alpha value is -2.27. The molecule has 5 nitrogen and oxygen atoms in total. The van der Waals surface area contributed by atoms with E-state index in [0.717, 1.165) is 57.7 Å². The van der Waals surface area contributed by atoms with E-state index < -0.39 is 0 Å². The van der Waals surface area contributed by atoms with Crippen molar-refractivity contribution in [2.75, 3.05) is 37.6 Å². The number of hydrogen-bond acceptors (Lipinski definition) is 4. The number of aryl methyl sites for hydroxylation is 1. The summed E-state index contributed by atoms with van der Waals surface area (Å²) in [5, 5.41) is 3.18. The first kappa shape index (κ1) is 18.1. The fraction of sp³-hybridized carbons (Fsp3) is 0.500. The number of para-hydroxylation sites is 1. The fourth-order valence-electron chi connectivity index (χ4n) is 4.34. The zero-order chi connectivity index (χ0) is 18.5. The molecule has 1 aromatic carbocycles. The minimum absolute atomic E-state index is 0.0855. The van der Waals surface area contributed by atoms with Crippen LogP contribution in [0.4, 0.5) is 5.69 Å². The molecule has 1 N–H and O–H groups in total. The molecule has 0 bridgehead atoms. The van der Waals surface area contributed by atoms with E-state index in [4.69, 9.17) is 4.42 Å². The SMILES string of the molecule is O=C(NCCN1CCCc2ccccc21)[C@H]1CCCN(Cc2ccco2)C1. The Morgan fingerprint density at radius 2 is 2.07 bits per heavy atom. The molecule has 2 aliphatic heterocycles. The second-order valence-electron chi connectivity index (χ2n) is 7.66. The Kier molecular flexibility index (Phi) is 5.78. The summed E-state index contributed by atoms with van der Waals surface area (Å²) in [6.07, 6.45) is 6.11. The van der Waals surface area contributed by atoms with E-state index in [-0.39, 0.29) is 11.8 Å². The molecule has 27 heavy (non-hydrogen) atoms. The van der Waals surface area contributed by atoms with E-state index in [1.54, 1.807) is 6.26 Å². The number of rotatable bonds is 6. The predicted molar refractivity (Wildman–Crippen MR) is 107 cm³/mol. The molecule has 2 aliphatic rings. The lowest BCUT2D eigenvalue weighted by atomic mass is 9.97. The molecule has 0 radical (unpaired) electrons. The number of anilines is 1. The van der Waals surface area contributed by atoms with Gasteiger partial charge in [-0.25, -0.2) is 0 Å². The summed E-state index contributed by atoms with van der Waals surface area (Å²) in [5.41, 5.74) is 2.76. The number of nitrogens with one attached hydrogen (secondary N) is 1. The van der Waals surface area contributed by atoms with E-state index in [1.807, 2.05) is 12.1 Å². The molecule has 144 valence electrons. The lowest BCUT2D eigenvalue weighted by molar-refractivity contribution is -0.126. The number of nitrogens with zero attached hydrogens (tertiary/aromatic N) is 2. The standard InChI is InChI=1S/C22H29N3O2/c26-22(19-8-3-12-24(16-19)17-20-9-5-15-27-20)23-11-14-25-13-4-7-18-6-1-2-10-21(18)25/h1-2,5-6,9-10,15,19H,3-4,7-8,11-14,16-17H2,(H,23,26)/t19-/m0/s1. The quantitative estimate of drug-likeness (QED) is 0.853. The molecule has 0 unspecified atom stereocenters. The molecule has 1 amide bonds. The lowest BCUT2D eigenvalue weighted by Gasteiger charge is -2.33. The number of carbonyl (C=O) groups is 1. The van der Waals surface area contributed by atoms with Crippen LogP contribution in [0.3, 0.4) is 0 Å². The number of benzene rings is 1. The van der Waals surface area contributed by atoms with Crippen LogP contribution in [0.25, 0.3) is 0 Å². The van der Waals surface area contributed by atoms with Gasteiger partial charge in [0.15, 0.2) is 0 Å². The fourth-order valence-corrected chi connectivity index (χ4v) is 4.34. The monoisotopic (exact) mass is 367 g/mol. The largest absolute Gasteiger partial charge is 0.468 e. The van der Waals surface area contributed by atoms with E-state index >= 15 is 0 Å². The van der Waals surface area contributed by atoms with Crippen molar-refractivity contribution in [2.24, 2.45) is 5.92 Å². The van der Waals surface area contributed by atoms with Gasteiger partial charge in [-0.15, -0.1) is 0 Å². The van der Waals surface area contributed by atoms with Gasteiger partial charge >= 0.3 is 0 Å². The first-order valence-corrected chi connectivity index (χ1v) is 10.1. The molecule has 0 saturated carbocycles. The molecule has 1 aromatic heterocycles. The van der Waals surface area contributed by atoms with E-state index in [2.05, 4.69) is 39.4 Å². The average Bonchev–Trinajstić information content (AvgIpc) is 3.21. The molecule has 1 saturated heterocycles. The van der Waals surface area contributed by atoms with Gasteiger partial charge in [0, 0.05) is 31.9 Å². The van der Waals surface area contributed by atoms with Crippen molar-refractivity contribution in [2.45, 2.75) is 32.2 Å². The van der Waals surface area contributed by atoms with Crippen molar-refractivity contribution in [3.8, 4) is 0 Å². The molecule has 0 spiro atoms. The molecular formula is C22H29N3O2. The Balaban J connectivity index is 1.25. The third-order valence-electron chi connectivity index (χ3n) is 5.72. The molecule has 4 rings (SSSR count). The van der Waals surface area contributed by atoms with Crippen LogP contribution < -0.4 is 10.2 Å². The summed E-state index contributed by atoms with van der Waals surface area (Å²) in [7, 11) is 0. The summed E-state index contributed by atoms with van der Waals surface area (Å²) < 4.78 is 5.44. The van der Waals surface area contributed by atoms with Gasteiger partial charge < -0.3 is 14.6 Å². The van der Waals surface area contributed by atoms with Crippen molar-refractivity contribution >= 4 is 11.6 Å². The Labute approximate surface area is 161 Å². The molecule has 1 atom stereocenters. The zero-order valence-electron chi connectivity index (χ0n) is 15.9. The van der Waals surface area contributed by atoms with Crippen molar-refractivity contribution in [1.82, 2.24) is 10.2 Å². The number of piperidine rings is 1. The van der Waals surface area contributed by atoms with Gasteiger partial charge in [0.25, 0.3) is 0 Å². The molecule has 1 fully saturated rings. The lowest BCUT2D eigenvalue weighted by Crippen LogP contribution is -2.44. The van der Waals surface area contributed by atoms with E-state index in [0.29, 0.717) is 6.54 Å². The van der Waals surface area contributed by atoms with E-state index in [9.17, 15) is 4.79 Å². The first-order chi connectivity index (χ1) is 13.3. The van der Waals surface area contributed by atoms with Crippen LogP contribution in [0, 0.1) is 5.92 Å². The van der Waals surface area contributed by atoms with Gasteiger partial charge in [-0.1, -0.05) is 18.2 Å². The average molecular weight is 367 g/mol. The highest BCUT2D eigenvalue weighted by Crippen LogP contribution is 2.26. The molecule has 5 heteroatoms. The summed E-state index contributed by atoms with van der Waals surface area (Å²) in [4.78, 5) is 17.4. The summed E-state index contributed by atoms with van der Waals surface area (Å²) in [5.74, 6) is 1.26. The highest BCUT2D eigenvalue weighted by Gasteiger charge is 2.26. The minimum Gasteiger partial charge on any atom is -0.468 e. The number of fused-ring (bicyclic) bond motifs is 1. The smallest absolute Gasteiger partial charge is 0.224 e. The van der Waals surface area contributed by atoms with Gasteiger partial charge in [-0.05, 0) is 56.0 Å². The summed E-state index contributed by atoms with van der Waals surface area (Å²) >= 11 is 0. The molecule has 2 aromatic rings. The van der Waals surface area contributed by atoms with Crippen molar-refractivity contribution in [3.05, 3.63) is 54.0 Å². The van der Waals surface area contributed by atoms with Crippen LogP contribution in [0.15, 0.2) is 47.1 Å². The number of amides is 1. The van der Waals surface area contributed by atoms with Gasteiger partial charge in [-0.3, -0.25) is 9.69 Å². The van der Waals surface area contributed by atoms with Gasteiger partial charge in [0.05, 0.1) is 18.7 Å². The predicted octanol–water partition coefficient (Wildman–Crippen LogP) is 3.06. The maximum absolute atomic E-state index is 12.7. The van der Waals surface area contributed by atoms with Crippen LogP contribution in [0.1, 0.15) is 30.6 Å². The van der Waals surface area contributed by atoms with Crippen molar-refractivity contribution < 1.29 is 9.21 Å². The van der Waals surface area contributed by atoms with Gasteiger partial charge in [0.2, 0.25) is 5.91 Å². The second-order valence-corrected chi connectivity index (χ2v) is 7.66. The highest BCUT2D eigenvalue weighted by atomic mass is 16.3. The zero-order valence-corrected chi connectivity index (χ0v) is 15.9. The highest BCUT2D eigenvalue weighted by molar-refractivity contribution is 5.79. The van der Waals surface area contributed by atoms with Crippen molar-refractivity contribution in [3.63, 3.8) is 0 Å². The van der Waals surface area contributed by atoms with Crippen LogP contribution in [-0.4, -0.2) is 43.5 Å². The van der Waals surface area contributed by atoms with E-state index in [1.165, 1.54) is 17.7 Å². The number of carbonyl (C=O) groups excluding carboxylic acids is 1. The minimum atomic E-state index is 0.0855. The van der Waals surface area contributed by atoms with Gasteiger partial charge in [0.1, 0.15) is 5.76 Å². The maximum atomic E-state index is 12.7. The third-order valence-corrected chi connectivity index (χ3v) is 5.72. The van der Waals surface area contributed by atoms with Crippen molar-refractivity contribution in [1.29, 1.82) is 0 Å². The Morgan fingerprint density at radius 3 is 2.96 bits per heavy atom.